The number of carbonyl (C=O) groups is 1. The van der Waals surface area contributed by atoms with E-state index in [9.17, 15) is 4.79 Å². The molecule has 4 heteroatoms. The van der Waals surface area contributed by atoms with Crippen molar-refractivity contribution >= 4 is 16.6 Å². The number of hydrogen-bond acceptors (Lipinski definition) is 4. The first-order valence-electron chi connectivity index (χ1n) is 8.57. The number of rotatable bonds is 8. The molecular formula is C21H22N2O2. The van der Waals surface area contributed by atoms with Crippen molar-refractivity contribution in [2.75, 3.05) is 6.61 Å². The van der Waals surface area contributed by atoms with Crippen LogP contribution in [0.15, 0.2) is 46.6 Å². The van der Waals surface area contributed by atoms with E-state index in [1.165, 1.54) is 0 Å². The molecule has 4 nitrogen and oxygen atoms in total. The average Bonchev–Trinajstić information content (AvgIpc) is 3.39. The fourth-order valence-corrected chi connectivity index (χ4v) is 2.84. The van der Waals surface area contributed by atoms with Crippen molar-refractivity contribution in [2.24, 2.45) is 10.2 Å². The Morgan fingerprint density at radius 3 is 2.60 bits per heavy atom. The predicted molar refractivity (Wildman–Crippen MR) is 98.8 cm³/mol. The minimum absolute atomic E-state index is 0.0782. The van der Waals surface area contributed by atoms with E-state index in [1.807, 2.05) is 37.3 Å². The Balaban J connectivity index is 1.63. The van der Waals surface area contributed by atoms with Crippen LogP contribution in [0, 0.1) is 12.3 Å². The van der Waals surface area contributed by atoms with Crippen LogP contribution in [-0.4, -0.2) is 18.1 Å². The lowest BCUT2D eigenvalue weighted by atomic mass is 9.95. The van der Waals surface area contributed by atoms with E-state index in [0.29, 0.717) is 13.0 Å². The molecule has 0 bridgehead atoms. The zero-order valence-electron chi connectivity index (χ0n) is 14.7. The first kappa shape index (κ1) is 17.2. The van der Waals surface area contributed by atoms with Crippen molar-refractivity contribution < 1.29 is 9.53 Å². The van der Waals surface area contributed by atoms with Gasteiger partial charge in [-0.3, -0.25) is 4.79 Å². The molecule has 0 saturated heterocycles. The number of nitrogens with zero attached hydrogens (tertiary/aromatic N) is 2. The molecule has 1 heterocycles. The number of carbonyl (C=O) groups excluding carboxylic acids is 1. The third kappa shape index (κ3) is 4.06. The van der Waals surface area contributed by atoms with Gasteiger partial charge in [0, 0.05) is 25.2 Å². The SMILES string of the molecule is C#CCCC1(CCOc2ccc3cc([C@H](C)C(C)=O)ccc3c2)N=N1. The summed E-state index contributed by atoms with van der Waals surface area (Å²) in [5.41, 5.74) is 0.738. The average molecular weight is 334 g/mol. The highest BCUT2D eigenvalue weighted by atomic mass is 16.5. The largest absolute Gasteiger partial charge is 0.493 e. The minimum atomic E-state index is -0.305. The Morgan fingerprint density at radius 2 is 1.92 bits per heavy atom. The molecule has 2 aromatic rings. The summed E-state index contributed by atoms with van der Waals surface area (Å²) in [4.78, 5) is 11.6. The van der Waals surface area contributed by atoms with Gasteiger partial charge in [-0.15, -0.1) is 12.3 Å². The van der Waals surface area contributed by atoms with Gasteiger partial charge >= 0.3 is 0 Å². The molecule has 0 spiro atoms. The number of ether oxygens (including phenoxy) is 1. The lowest BCUT2D eigenvalue weighted by Crippen LogP contribution is -2.15. The van der Waals surface area contributed by atoms with Crippen LogP contribution in [0.1, 0.15) is 44.6 Å². The Morgan fingerprint density at radius 1 is 1.20 bits per heavy atom. The van der Waals surface area contributed by atoms with E-state index < -0.39 is 0 Å². The monoisotopic (exact) mass is 334 g/mol. The number of Topliss-reactive ketones (excluding diaryl/α,β-unsaturated/α-hetero) is 1. The molecule has 0 aliphatic carbocycles. The molecule has 0 N–H and O–H groups in total. The van der Waals surface area contributed by atoms with Gasteiger partial charge in [-0.2, -0.15) is 10.2 Å². The number of fused-ring (bicyclic) bond motifs is 1. The third-order valence-corrected chi connectivity index (χ3v) is 4.77. The number of benzene rings is 2. The van der Waals surface area contributed by atoms with Crippen molar-refractivity contribution in [3.8, 4) is 18.1 Å². The van der Waals surface area contributed by atoms with E-state index in [2.05, 4.69) is 22.2 Å². The second-order valence-electron chi connectivity index (χ2n) is 6.59. The van der Waals surface area contributed by atoms with Gasteiger partial charge in [-0.05, 0) is 35.4 Å². The highest BCUT2D eigenvalue weighted by molar-refractivity contribution is 5.88. The molecule has 0 radical (unpaired) electrons. The molecule has 2 aromatic carbocycles. The van der Waals surface area contributed by atoms with Gasteiger partial charge in [0.2, 0.25) is 0 Å². The number of ketones is 1. The first-order chi connectivity index (χ1) is 12.0. The number of terminal acetylenes is 1. The lowest BCUT2D eigenvalue weighted by Gasteiger charge is -2.12. The van der Waals surface area contributed by atoms with Gasteiger partial charge in [-0.25, -0.2) is 0 Å². The summed E-state index contributed by atoms with van der Waals surface area (Å²) in [7, 11) is 0. The van der Waals surface area contributed by atoms with Gasteiger partial charge in [0.25, 0.3) is 0 Å². The summed E-state index contributed by atoms with van der Waals surface area (Å²) in [6, 6.07) is 12.1. The predicted octanol–water partition coefficient (Wildman–Crippen LogP) is 4.88. The fourth-order valence-electron chi connectivity index (χ4n) is 2.84. The van der Waals surface area contributed by atoms with Crippen molar-refractivity contribution in [3.05, 3.63) is 42.0 Å². The van der Waals surface area contributed by atoms with E-state index in [0.717, 1.165) is 34.9 Å². The zero-order chi connectivity index (χ0) is 17.9. The first-order valence-corrected chi connectivity index (χ1v) is 8.57. The lowest BCUT2D eigenvalue weighted by molar-refractivity contribution is -0.118. The molecule has 1 atom stereocenters. The molecule has 0 saturated carbocycles. The van der Waals surface area contributed by atoms with Gasteiger partial charge in [-0.1, -0.05) is 31.2 Å². The van der Waals surface area contributed by atoms with E-state index >= 15 is 0 Å². The van der Waals surface area contributed by atoms with Crippen LogP contribution in [0.4, 0.5) is 0 Å². The van der Waals surface area contributed by atoms with E-state index in [1.54, 1.807) is 6.92 Å². The molecule has 1 aliphatic rings. The van der Waals surface area contributed by atoms with Crippen molar-refractivity contribution in [3.63, 3.8) is 0 Å². The summed E-state index contributed by atoms with van der Waals surface area (Å²) in [5, 5.41) is 10.4. The molecule has 0 aromatic heterocycles. The van der Waals surface area contributed by atoms with Crippen molar-refractivity contribution in [2.45, 2.75) is 44.7 Å². The quantitative estimate of drug-likeness (QED) is 0.646. The van der Waals surface area contributed by atoms with Crippen LogP contribution in [0.25, 0.3) is 10.8 Å². The summed E-state index contributed by atoms with van der Waals surface area (Å²) < 4.78 is 5.86. The second kappa shape index (κ2) is 7.06. The summed E-state index contributed by atoms with van der Waals surface area (Å²) >= 11 is 0. The zero-order valence-corrected chi connectivity index (χ0v) is 14.7. The van der Waals surface area contributed by atoms with Gasteiger partial charge in [0.05, 0.1) is 6.61 Å². The molecular weight excluding hydrogens is 312 g/mol. The topological polar surface area (TPSA) is 51.0 Å². The van der Waals surface area contributed by atoms with Gasteiger partial charge in [0.1, 0.15) is 11.5 Å². The van der Waals surface area contributed by atoms with Gasteiger partial charge in [0.15, 0.2) is 5.66 Å². The number of hydrogen-bond donors (Lipinski definition) is 0. The highest BCUT2D eigenvalue weighted by Crippen LogP contribution is 2.36. The summed E-state index contributed by atoms with van der Waals surface area (Å²) in [5.74, 6) is 3.55. The smallest absolute Gasteiger partial charge is 0.195 e. The Kier molecular flexibility index (Phi) is 4.85. The molecule has 128 valence electrons. The maximum absolute atomic E-state index is 11.6. The van der Waals surface area contributed by atoms with Gasteiger partial charge < -0.3 is 4.74 Å². The van der Waals surface area contributed by atoms with Crippen molar-refractivity contribution in [1.29, 1.82) is 0 Å². The molecule has 0 fully saturated rings. The van der Waals surface area contributed by atoms with Crippen LogP contribution >= 0.6 is 0 Å². The highest BCUT2D eigenvalue weighted by Gasteiger charge is 2.38. The Hall–Kier alpha value is -2.67. The van der Waals surface area contributed by atoms with Crippen LogP contribution in [-0.2, 0) is 4.79 Å². The molecule has 3 rings (SSSR count). The third-order valence-electron chi connectivity index (χ3n) is 4.77. The van der Waals surface area contributed by atoms with E-state index in [4.69, 9.17) is 11.2 Å². The molecule has 1 aliphatic heterocycles. The van der Waals surface area contributed by atoms with Crippen LogP contribution in [0.3, 0.4) is 0 Å². The van der Waals surface area contributed by atoms with Crippen LogP contribution in [0.5, 0.6) is 5.75 Å². The van der Waals surface area contributed by atoms with Crippen LogP contribution < -0.4 is 4.74 Å². The fraction of sp³-hybridized carbons (Fsp3) is 0.381. The normalized spacial score (nSPS) is 15.6. The maximum atomic E-state index is 11.6. The maximum Gasteiger partial charge on any atom is 0.195 e. The standard InChI is InChI=1S/C21H22N2O2/c1-4-5-10-21(22-23-21)11-12-25-20-9-8-18-13-17(15(2)16(3)24)6-7-19(18)14-20/h1,6-9,13-15H,5,10-12H2,2-3H3/t15-/m1/s1. The summed E-state index contributed by atoms with van der Waals surface area (Å²) in [6.45, 7) is 4.12. The summed E-state index contributed by atoms with van der Waals surface area (Å²) in [6.07, 6.45) is 7.53. The molecule has 0 unspecified atom stereocenters. The minimum Gasteiger partial charge on any atom is -0.493 e. The molecule has 0 amide bonds. The second-order valence-corrected chi connectivity index (χ2v) is 6.59. The Bertz CT molecular complexity index is 858. The van der Waals surface area contributed by atoms with Crippen molar-refractivity contribution in [1.82, 2.24) is 0 Å². The Labute approximate surface area is 148 Å². The molecule has 25 heavy (non-hydrogen) atoms. The van der Waals surface area contributed by atoms with Crippen LogP contribution in [0.2, 0.25) is 0 Å². The van der Waals surface area contributed by atoms with E-state index in [-0.39, 0.29) is 17.4 Å².